The molecule has 0 unspecified atom stereocenters. The van der Waals surface area contributed by atoms with Gasteiger partial charge in [-0.05, 0) is 23.8 Å². The average molecular weight is 177 g/mol. The molecule has 1 aromatic heterocycles. The van der Waals surface area contributed by atoms with Crippen LogP contribution < -0.4 is 4.74 Å². The first-order chi connectivity index (χ1) is 6.35. The Balaban J connectivity index is 2.70. The number of aliphatic hydroxyl groups is 1. The number of aromatic amines is 1. The predicted octanol–water partition coefficient (Wildman–Crippen LogP) is 1.67. The molecular weight excluding hydrogens is 166 g/mol. The van der Waals surface area contributed by atoms with Gasteiger partial charge >= 0.3 is 0 Å². The molecular formula is C10H11NO2. The number of ether oxygens (including phenoxy) is 1. The molecule has 1 aromatic carbocycles. The van der Waals surface area contributed by atoms with Crippen molar-refractivity contribution in [3.63, 3.8) is 0 Å². The molecule has 1 heterocycles. The molecule has 68 valence electrons. The minimum atomic E-state index is 0.0331. The van der Waals surface area contributed by atoms with Crippen LogP contribution in [0.25, 0.3) is 10.9 Å². The highest BCUT2D eigenvalue weighted by atomic mass is 16.5. The summed E-state index contributed by atoms with van der Waals surface area (Å²) in [6, 6.07) is 5.71. The summed E-state index contributed by atoms with van der Waals surface area (Å²) in [5, 5.41) is 10.0. The normalized spacial score (nSPS) is 10.6. The lowest BCUT2D eigenvalue weighted by Crippen LogP contribution is -1.88. The van der Waals surface area contributed by atoms with Gasteiger partial charge in [-0.25, -0.2) is 0 Å². The van der Waals surface area contributed by atoms with E-state index < -0.39 is 0 Å². The zero-order valence-corrected chi connectivity index (χ0v) is 7.37. The van der Waals surface area contributed by atoms with Crippen molar-refractivity contribution in [2.75, 3.05) is 7.11 Å². The molecule has 0 saturated carbocycles. The summed E-state index contributed by atoms with van der Waals surface area (Å²) >= 11 is 0. The Morgan fingerprint density at radius 2 is 2.31 bits per heavy atom. The molecule has 0 aliphatic carbocycles. The second-order valence-corrected chi connectivity index (χ2v) is 2.90. The summed E-state index contributed by atoms with van der Waals surface area (Å²) in [6.45, 7) is 0.0331. The van der Waals surface area contributed by atoms with Gasteiger partial charge in [-0.15, -0.1) is 0 Å². The molecule has 2 rings (SSSR count). The largest absolute Gasteiger partial charge is 0.496 e. The van der Waals surface area contributed by atoms with E-state index in [0.29, 0.717) is 0 Å². The quantitative estimate of drug-likeness (QED) is 0.732. The Morgan fingerprint density at radius 3 is 3.00 bits per heavy atom. The smallest absolute Gasteiger partial charge is 0.128 e. The van der Waals surface area contributed by atoms with E-state index in [0.717, 1.165) is 22.2 Å². The third-order valence-electron chi connectivity index (χ3n) is 2.09. The van der Waals surface area contributed by atoms with Crippen LogP contribution in [0.3, 0.4) is 0 Å². The molecule has 13 heavy (non-hydrogen) atoms. The van der Waals surface area contributed by atoms with Gasteiger partial charge in [-0.1, -0.05) is 0 Å². The molecule has 0 aliphatic rings. The molecule has 0 bridgehead atoms. The van der Waals surface area contributed by atoms with Crippen LogP contribution in [0.4, 0.5) is 0 Å². The highest BCUT2D eigenvalue weighted by Crippen LogP contribution is 2.26. The first-order valence-electron chi connectivity index (χ1n) is 4.10. The molecule has 0 fully saturated rings. The zero-order valence-electron chi connectivity index (χ0n) is 7.37. The number of rotatable bonds is 2. The molecule has 2 aromatic rings. The van der Waals surface area contributed by atoms with Gasteiger partial charge < -0.3 is 14.8 Å². The minimum absolute atomic E-state index is 0.0331. The van der Waals surface area contributed by atoms with Crippen LogP contribution in [-0.4, -0.2) is 17.2 Å². The predicted molar refractivity (Wildman–Crippen MR) is 50.8 cm³/mol. The van der Waals surface area contributed by atoms with Crippen molar-refractivity contribution < 1.29 is 9.84 Å². The van der Waals surface area contributed by atoms with E-state index in [1.165, 1.54) is 0 Å². The summed E-state index contributed by atoms with van der Waals surface area (Å²) in [6.07, 6.45) is 1.86. The number of benzene rings is 1. The Labute approximate surface area is 76.0 Å². The molecule has 2 N–H and O–H groups in total. The van der Waals surface area contributed by atoms with E-state index >= 15 is 0 Å². The molecule has 3 heteroatoms. The summed E-state index contributed by atoms with van der Waals surface area (Å²) in [5.41, 5.74) is 1.84. The fourth-order valence-electron chi connectivity index (χ4n) is 1.45. The number of methoxy groups -OCH3 is 1. The maximum atomic E-state index is 8.99. The van der Waals surface area contributed by atoms with Crippen molar-refractivity contribution in [2.24, 2.45) is 0 Å². The second kappa shape index (κ2) is 3.11. The lowest BCUT2D eigenvalue weighted by atomic mass is 10.1. The molecule has 0 aliphatic heterocycles. The number of aromatic nitrogens is 1. The number of hydrogen-bond acceptors (Lipinski definition) is 2. The maximum Gasteiger partial charge on any atom is 0.128 e. The van der Waals surface area contributed by atoms with Gasteiger partial charge in [0.2, 0.25) is 0 Å². The molecule has 0 saturated heterocycles. The first kappa shape index (κ1) is 8.13. The Morgan fingerprint density at radius 1 is 1.46 bits per heavy atom. The van der Waals surface area contributed by atoms with Crippen molar-refractivity contribution in [2.45, 2.75) is 6.61 Å². The van der Waals surface area contributed by atoms with E-state index in [-0.39, 0.29) is 6.61 Å². The van der Waals surface area contributed by atoms with Gasteiger partial charge in [0.15, 0.2) is 0 Å². The maximum absolute atomic E-state index is 8.99. The molecule has 0 atom stereocenters. The van der Waals surface area contributed by atoms with Crippen molar-refractivity contribution in [1.82, 2.24) is 4.98 Å². The van der Waals surface area contributed by atoms with Gasteiger partial charge in [0.25, 0.3) is 0 Å². The van der Waals surface area contributed by atoms with Crippen molar-refractivity contribution in [3.8, 4) is 5.75 Å². The number of H-pyrrole nitrogens is 1. The van der Waals surface area contributed by atoms with Crippen LogP contribution in [0.15, 0.2) is 24.4 Å². The summed E-state index contributed by atoms with van der Waals surface area (Å²) in [4.78, 5) is 3.08. The van der Waals surface area contributed by atoms with Gasteiger partial charge in [-0.2, -0.15) is 0 Å². The Bertz CT molecular complexity index is 420. The minimum Gasteiger partial charge on any atom is -0.496 e. The number of fused-ring (bicyclic) bond motifs is 1. The van der Waals surface area contributed by atoms with E-state index in [2.05, 4.69) is 4.98 Å². The topological polar surface area (TPSA) is 45.2 Å². The standard InChI is InChI=1S/C10H11NO2/c1-13-10-5-7(6-12)4-9-8(10)2-3-11-9/h2-5,11-12H,6H2,1H3. The molecule has 0 amide bonds. The molecule has 0 spiro atoms. The fraction of sp³-hybridized carbons (Fsp3) is 0.200. The number of nitrogens with one attached hydrogen (secondary N) is 1. The summed E-state index contributed by atoms with van der Waals surface area (Å²) in [5.74, 6) is 0.794. The summed E-state index contributed by atoms with van der Waals surface area (Å²) < 4.78 is 5.20. The van der Waals surface area contributed by atoms with Gasteiger partial charge in [-0.3, -0.25) is 0 Å². The van der Waals surface area contributed by atoms with E-state index in [1.54, 1.807) is 7.11 Å². The number of aliphatic hydroxyl groups excluding tert-OH is 1. The van der Waals surface area contributed by atoms with Crippen LogP contribution in [0.5, 0.6) is 5.75 Å². The number of hydrogen-bond donors (Lipinski definition) is 2. The van der Waals surface area contributed by atoms with Gasteiger partial charge in [0.05, 0.1) is 13.7 Å². The van der Waals surface area contributed by atoms with Crippen molar-refractivity contribution in [3.05, 3.63) is 30.0 Å². The van der Waals surface area contributed by atoms with E-state index in [1.807, 2.05) is 24.4 Å². The van der Waals surface area contributed by atoms with Crippen molar-refractivity contribution >= 4 is 10.9 Å². The van der Waals surface area contributed by atoms with Crippen LogP contribution in [0.2, 0.25) is 0 Å². The Hall–Kier alpha value is -1.48. The lowest BCUT2D eigenvalue weighted by molar-refractivity contribution is 0.281. The van der Waals surface area contributed by atoms with Gasteiger partial charge in [0, 0.05) is 17.1 Å². The first-order valence-corrected chi connectivity index (χ1v) is 4.10. The van der Waals surface area contributed by atoms with Gasteiger partial charge in [0.1, 0.15) is 5.75 Å². The van der Waals surface area contributed by atoms with Crippen LogP contribution in [0, 0.1) is 0 Å². The van der Waals surface area contributed by atoms with Crippen LogP contribution in [0.1, 0.15) is 5.56 Å². The monoisotopic (exact) mass is 177 g/mol. The molecule has 0 radical (unpaired) electrons. The summed E-state index contributed by atoms with van der Waals surface area (Å²) in [7, 11) is 1.63. The van der Waals surface area contributed by atoms with Crippen LogP contribution >= 0.6 is 0 Å². The fourth-order valence-corrected chi connectivity index (χ4v) is 1.45. The second-order valence-electron chi connectivity index (χ2n) is 2.90. The molecule has 3 nitrogen and oxygen atoms in total. The Kier molecular flexibility index (Phi) is 1.94. The highest BCUT2D eigenvalue weighted by molar-refractivity contribution is 5.86. The lowest BCUT2D eigenvalue weighted by Gasteiger charge is -2.04. The zero-order chi connectivity index (χ0) is 9.26. The third-order valence-corrected chi connectivity index (χ3v) is 2.09. The third kappa shape index (κ3) is 1.27. The average Bonchev–Trinajstić information content (AvgIpc) is 2.63. The van der Waals surface area contributed by atoms with Crippen LogP contribution in [-0.2, 0) is 6.61 Å². The van der Waals surface area contributed by atoms with E-state index in [9.17, 15) is 0 Å². The van der Waals surface area contributed by atoms with E-state index in [4.69, 9.17) is 9.84 Å². The highest BCUT2D eigenvalue weighted by Gasteiger charge is 2.03. The van der Waals surface area contributed by atoms with Crippen molar-refractivity contribution in [1.29, 1.82) is 0 Å². The SMILES string of the molecule is COc1cc(CO)cc2[nH]ccc12.